The number of halogens is 2. The zero-order valence-electron chi connectivity index (χ0n) is 18.6. The van der Waals surface area contributed by atoms with E-state index in [1.165, 1.54) is 6.07 Å². The maximum Gasteiger partial charge on any atom is 0.323 e. The number of fused-ring (bicyclic) bond motifs is 1. The Hall–Kier alpha value is -4.31. The Kier molecular flexibility index (Phi) is 6.36. The van der Waals surface area contributed by atoms with Crippen molar-refractivity contribution in [3.05, 3.63) is 78.5 Å². The molecule has 3 N–H and O–H groups in total. The third kappa shape index (κ3) is 5.44. The summed E-state index contributed by atoms with van der Waals surface area (Å²) < 4.78 is 32.3. The highest BCUT2D eigenvalue weighted by Gasteiger charge is 2.13. The molecular weight excluding hydrogens is 454 g/mol. The molecule has 1 aromatic heterocycles. The number of nitrogens with zero attached hydrogens (tertiary/aromatic N) is 3. The van der Waals surface area contributed by atoms with Gasteiger partial charge >= 0.3 is 6.03 Å². The lowest BCUT2D eigenvalue weighted by atomic mass is 10.2. The lowest BCUT2D eigenvalue weighted by molar-refractivity contribution is 0.262. The minimum Gasteiger partial charge on any atom is -0.457 e. The highest BCUT2D eigenvalue weighted by atomic mass is 19.2. The van der Waals surface area contributed by atoms with Crippen LogP contribution in [0.3, 0.4) is 0 Å². The van der Waals surface area contributed by atoms with Crippen molar-refractivity contribution in [2.24, 2.45) is 0 Å². The van der Waals surface area contributed by atoms with Crippen LogP contribution >= 0.6 is 0 Å². The fourth-order valence-corrected chi connectivity index (χ4v) is 3.70. The molecule has 0 radical (unpaired) electrons. The number of ether oxygens (including phenoxy) is 1. The highest BCUT2D eigenvalue weighted by Crippen LogP contribution is 2.26. The van der Waals surface area contributed by atoms with Gasteiger partial charge in [-0.25, -0.2) is 18.6 Å². The summed E-state index contributed by atoms with van der Waals surface area (Å²) in [5.74, 6) is 0.00500. The summed E-state index contributed by atoms with van der Waals surface area (Å²) in [6.45, 7) is 3.60. The number of hydrogen-bond acceptors (Lipinski definition) is 6. The summed E-state index contributed by atoms with van der Waals surface area (Å²) in [4.78, 5) is 23.6. The van der Waals surface area contributed by atoms with Gasteiger partial charge in [0.1, 0.15) is 17.3 Å². The molecule has 1 aliphatic rings. The van der Waals surface area contributed by atoms with Crippen molar-refractivity contribution in [1.29, 1.82) is 0 Å². The Balaban J connectivity index is 1.23. The van der Waals surface area contributed by atoms with E-state index in [-0.39, 0.29) is 5.69 Å². The van der Waals surface area contributed by atoms with Crippen molar-refractivity contribution in [3.63, 3.8) is 0 Å². The van der Waals surface area contributed by atoms with Crippen molar-refractivity contribution in [1.82, 2.24) is 15.3 Å². The molecule has 0 unspecified atom stereocenters. The van der Waals surface area contributed by atoms with Crippen LogP contribution < -0.4 is 25.6 Å². The molecule has 0 atom stereocenters. The quantitative estimate of drug-likeness (QED) is 0.385. The van der Waals surface area contributed by atoms with Crippen LogP contribution in [0, 0.1) is 11.6 Å². The second-order valence-corrected chi connectivity index (χ2v) is 7.95. The molecule has 1 aliphatic heterocycles. The van der Waals surface area contributed by atoms with E-state index in [0.717, 1.165) is 55.2 Å². The first-order chi connectivity index (χ1) is 17.0. The van der Waals surface area contributed by atoms with Gasteiger partial charge in [0.05, 0.1) is 17.2 Å². The van der Waals surface area contributed by atoms with Gasteiger partial charge in [-0.05, 0) is 48.5 Å². The zero-order valence-corrected chi connectivity index (χ0v) is 18.6. The van der Waals surface area contributed by atoms with E-state index in [1.807, 2.05) is 18.2 Å². The van der Waals surface area contributed by atoms with E-state index < -0.39 is 17.7 Å². The van der Waals surface area contributed by atoms with Crippen molar-refractivity contribution < 1.29 is 18.3 Å². The van der Waals surface area contributed by atoms with Gasteiger partial charge in [0.2, 0.25) is 0 Å². The van der Waals surface area contributed by atoms with Crippen molar-refractivity contribution in [3.8, 4) is 11.5 Å². The van der Waals surface area contributed by atoms with Gasteiger partial charge in [-0.1, -0.05) is 0 Å². The molecule has 10 heteroatoms. The number of anilines is 3. The number of hydrogen-bond donors (Lipinski definition) is 3. The maximum atomic E-state index is 13.3. The van der Waals surface area contributed by atoms with Crippen LogP contribution in [0.25, 0.3) is 11.0 Å². The first kappa shape index (κ1) is 22.5. The second kappa shape index (κ2) is 9.90. The van der Waals surface area contributed by atoms with Crippen molar-refractivity contribution in [2.75, 3.05) is 41.7 Å². The third-order valence-electron chi connectivity index (χ3n) is 5.47. The monoisotopic (exact) mass is 476 g/mol. The van der Waals surface area contributed by atoms with Gasteiger partial charge in [0.15, 0.2) is 11.6 Å². The molecule has 8 nitrogen and oxygen atoms in total. The zero-order chi connectivity index (χ0) is 24.2. The molecule has 3 aromatic carbocycles. The summed E-state index contributed by atoms with van der Waals surface area (Å²) >= 11 is 0. The minimum atomic E-state index is -1.04. The Morgan fingerprint density at radius 1 is 0.857 bits per heavy atom. The summed E-state index contributed by atoms with van der Waals surface area (Å²) in [5, 5.41) is 8.40. The van der Waals surface area contributed by atoms with Crippen molar-refractivity contribution >= 4 is 34.3 Å². The molecule has 35 heavy (non-hydrogen) atoms. The fraction of sp³-hybridized carbons (Fsp3) is 0.160. The van der Waals surface area contributed by atoms with Gasteiger partial charge in [-0.3, -0.25) is 4.98 Å². The van der Waals surface area contributed by atoms with Crippen LogP contribution in [0.4, 0.5) is 30.8 Å². The van der Waals surface area contributed by atoms with Crippen LogP contribution in [-0.2, 0) is 0 Å². The molecule has 0 bridgehead atoms. The standard InChI is InChI=1S/C25H22F2N6O2/c26-20-7-3-17(13-21(20)27)31-25(34)30-16-1-4-18(5-2-16)35-19-6-8-22-23(14-19)32-24(15-29-22)33-11-9-28-10-12-33/h1-8,13-15,28H,9-12H2,(H2,30,31,34). The lowest BCUT2D eigenvalue weighted by Crippen LogP contribution is -2.43. The van der Waals surface area contributed by atoms with Gasteiger partial charge in [0.25, 0.3) is 0 Å². The summed E-state index contributed by atoms with van der Waals surface area (Å²) in [7, 11) is 0. The minimum absolute atomic E-state index is 0.140. The molecular formula is C25H22F2N6O2. The van der Waals surface area contributed by atoms with Gasteiger partial charge in [-0.15, -0.1) is 0 Å². The number of rotatable bonds is 5. The first-order valence-electron chi connectivity index (χ1n) is 11.1. The van der Waals surface area contributed by atoms with Crippen LogP contribution in [-0.4, -0.2) is 42.2 Å². The van der Waals surface area contributed by atoms with Gasteiger partial charge in [-0.2, -0.15) is 0 Å². The van der Waals surface area contributed by atoms with E-state index in [1.54, 1.807) is 30.5 Å². The molecule has 5 rings (SSSR count). The number of aromatic nitrogens is 2. The number of piperazine rings is 1. The average molecular weight is 476 g/mol. The van der Waals surface area contributed by atoms with E-state index in [0.29, 0.717) is 17.2 Å². The topological polar surface area (TPSA) is 91.4 Å². The van der Waals surface area contributed by atoms with Crippen LogP contribution in [0.15, 0.2) is 66.9 Å². The smallest absolute Gasteiger partial charge is 0.323 e. The SMILES string of the molecule is O=C(Nc1ccc(Oc2ccc3ncc(N4CCNCC4)nc3c2)cc1)Nc1ccc(F)c(F)c1. The van der Waals surface area contributed by atoms with E-state index in [2.05, 4.69) is 25.8 Å². The Morgan fingerprint density at radius 2 is 1.57 bits per heavy atom. The molecule has 178 valence electrons. The molecule has 2 amide bonds. The number of carbonyl (C=O) groups excluding carboxylic acids is 1. The largest absolute Gasteiger partial charge is 0.457 e. The molecule has 0 saturated carbocycles. The number of nitrogens with one attached hydrogen (secondary N) is 3. The third-order valence-corrected chi connectivity index (χ3v) is 5.47. The number of urea groups is 1. The van der Waals surface area contributed by atoms with Crippen molar-refractivity contribution in [2.45, 2.75) is 0 Å². The fourth-order valence-electron chi connectivity index (χ4n) is 3.70. The van der Waals surface area contributed by atoms with Crippen LogP contribution in [0.2, 0.25) is 0 Å². The summed E-state index contributed by atoms with van der Waals surface area (Å²) in [6, 6.07) is 14.8. The Bertz CT molecular complexity index is 1360. The first-order valence-corrected chi connectivity index (χ1v) is 11.1. The molecule has 2 heterocycles. The number of benzene rings is 3. The summed E-state index contributed by atoms with van der Waals surface area (Å²) in [6.07, 6.45) is 1.79. The molecule has 0 spiro atoms. The van der Waals surface area contributed by atoms with Gasteiger partial charge < -0.3 is 25.6 Å². The highest BCUT2D eigenvalue weighted by molar-refractivity contribution is 5.99. The van der Waals surface area contributed by atoms with E-state index >= 15 is 0 Å². The molecule has 0 aliphatic carbocycles. The molecule has 1 fully saturated rings. The average Bonchev–Trinajstić information content (AvgIpc) is 2.87. The normalized spacial score (nSPS) is 13.5. The Morgan fingerprint density at radius 3 is 2.34 bits per heavy atom. The molecule has 4 aromatic rings. The van der Waals surface area contributed by atoms with E-state index in [9.17, 15) is 13.6 Å². The second-order valence-electron chi connectivity index (χ2n) is 7.95. The predicted molar refractivity (Wildman–Crippen MR) is 130 cm³/mol. The lowest BCUT2D eigenvalue weighted by Gasteiger charge is -2.28. The van der Waals surface area contributed by atoms with E-state index in [4.69, 9.17) is 9.72 Å². The molecule has 1 saturated heterocycles. The Labute approximate surface area is 200 Å². The van der Waals surface area contributed by atoms with Crippen LogP contribution in [0.5, 0.6) is 11.5 Å². The number of carbonyl (C=O) groups is 1. The van der Waals surface area contributed by atoms with Crippen LogP contribution in [0.1, 0.15) is 0 Å². The number of amides is 2. The summed E-state index contributed by atoms with van der Waals surface area (Å²) in [5.41, 5.74) is 2.16. The van der Waals surface area contributed by atoms with Gasteiger partial charge in [0, 0.05) is 49.7 Å². The predicted octanol–water partition coefficient (Wildman–Crippen LogP) is 4.75. The maximum absolute atomic E-state index is 13.3.